The van der Waals surface area contributed by atoms with Gasteiger partial charge in [-0.1, -0.05) is 60.7 Å². The fraction of sp³-hybridized carbons (Fsp3) is 0.261. The second kappa shape index (κ2) is 10.8. The zero-order valence-corrected chi connectivity index (χ0v) is 16.5. The number of hydrogen-bond acceptors (Lipinski definition) is 5. The van der Waals surface area contributed by atoms with Gasteiger partial charge in [-0.3, -0.25) is 4.79 Å². The Morgan fingerprint density at radius 1 is 0.821 bits per heavy atom. The summed E-state index contributed by atoms with van der Waals surface area (Å²) < 4.78 is 10.2. The molecule has 0 unspecified atom stereocenters. The van der Waals surface area contributed by atoms with Gasteiger partial charge in [0.2, 0.25) is 0 Å². The minimum absolute atomic E-state index is 0.0254. The van der Waals surface area contributed by atoms with E-state index in [1.807, 2.05) is 60.7 Å². The van der Waals surface area contributed by atoms with E-state index in [2.05, 4.69) is 4.99 Å². The summed E-state index contributed by atoms with van der Waals surface area (Å²) in [6, 6.07) is 19.2. The molecule has 0 saturated heterocycles. The zero-order valence-electron chi connectivity index (χ0n) is 16.5. The molecule has 0 N–H and O–H groups in total. The molecule has 0 saturated carbocycles. The number of nitrogens with zero attached hydrogens (tertiary/aromatic N) is 1. The van der Waals surface area contributed by atoms with Gasteiger partial charge in [-0.2, -0.15) is 0 Å². The third-order valence-corrected chi connectivity index (χ3v) is 3.91. The molecule has 0 fully saturated rings. The number of esters is 2. The second-order valence-corrected chi connectivity index (χ2v) is 6.02. The van der Waals surface area contributed by atoms with E-state index in [0.29, 0.717) is 11.3 Å². The van der Waals surface area contributed by atoms with Crippen molar-refractivity contribution in [2.75, 3.05) is 13.2 Å². The molecule has 2 aromatic carbocycles. The molecule has 0 radical (unpaired) electrons. The van der Waals surface area contributed by atoms with Crippen LogP contribution in [0.5, 0.6) is 0 Å². The Morgan fingerprint density at radius 3 is 1.79 bits per heavy atom. The fourth-order valence-electron chi connectivity index (χ4n) is 2.63. The molecule has 0 bridgehead atoms. The maximum Gasteiger partial charge on any atom is 0.356 e. The van der Waals surface area contributed by atoms with E-state index in [0.717, 1.165) is 11.1 Å². The van der Waals surface area contributed by atoms with E-state index >= 15 is 0 Å². The van der Waals surface area contributed by atoms with Crippen molar-refractivity contribution in [1.82, 2.24) is 0 Å². The summed E-state index contributed by atoms with van der Waals surface area (Å²) in [5.41, 5.74) is 2.98. The monoisotopic (exact) mass is 379 g/mol. The first-order valence-electron chi connectivity index (χ1n) is 9.28. The second-order valence-electron chi connectivity index (χ2n) is 6.02. The number of ether oxygens (including phenoxy) is 2. The Bertz CT molecular complexity index is 813. The summed E-state index contributed by atoms with van der Waals surface area (Å²) >= 11 is 0. The molecule has 5 heteroatoms. The summed E-state index contributed by atoms with van der Waals surface area (Å²) in [5, 5.41) is 0. The van der Waals surface area contributed by atoms with E-state index < -0.39 is 11.9 Å². The van der Waals surface area contributed by atoms with Gasteiger partial charge < -0.3 is 9.47 Å². The topological polar surface area (TPSA) is 65.0 Å². The largest absolute Gasteiger partial charge is 0.466 e. The third-order valence-electron chi connectivity index (χ3n) is 3.91. The lowest BCUT2D eigenvalue weighted by molar-refractivity contribution is -0.142. The Balaban J connectivity index is 2.58. The number of carbonyl (C=O) groups is 2. The maximum absolute atomic E-state index is 12.6. The summed E-state index contributed by atoms with van der Waals surface area (Å²) in [6.07, 6.45) is -0.0254. The number of hydrogen-bond donors (Lipinski definition) is 0. The molecule has 0 spiro atoms. The quantitative estimate of drug-likeness (QED) is 0.389. The third kappa shape index (κ3) is 5.91. The summed E-state index contributed by atoms with van der Waals surface area (Å²) in [5.74, 6) is -0.966. The predicted molar refractivity (Wildman–Crippen MR) is 109 cm³/mol. The normalized spacial score (nSPS) is 11.2. The molecule has 2 rings (SSSR count). The fourth-order valence-corrected chi connectivity index (χ4v) is 2.63. The predicted octanol–water partition coefficient (Wildman–Crippen LogP) is 4.31. The van der Waals surface area contributed by atoms with Crippen LogP contribution in [0.4, 0.5) is 0 Å². The first kappa shape index (κ1) is 21.1. The van der Waals surface area contributed by atoms with Gasteiger partial charge in [0.15, 0.2) is 0 Å². The van der Waals surface area contributed by atoms with E-state index in [1.54, 1.807) is 20.8 Å². The van der Waals surface area contributed by atoms with E-state index in [9.17, 15) is 9.59 Å². The van der Waals surface area contributed by atoms with Gasteiger partial charge in [-0.05, 0) is 26.3 Å². The minimum Gasteiger partial charge on any atom is -0.466 e. The minimum atomic E-state index is -0.561. The first-order chi connectivity index (χ1) is 13.6. The number of benzene rings is 2. The molecule has 0 aliphatic carbocycles. The van der Waals surface area contributed by atoms with Gasteiger partial charge in [-0.25, -0.2) is 9.79 Å². The van der Waals surface area contributed by atoms with E-state index in [4.69, 9.17) is 9.47 Å². The average molecular weight is 379 g/mol. The van der Waals surface area contributed by atoms with Crippen molar-refractivity contribution in [2.24, 2.45) is 4.99 Å². The average Bonchev–Trinajstić information content (AvgIpc) is 2.70. The zero-order chi connectivity index (χ0) is 20.4. The SMILES string of the molecule is CCOC(=O)C/C(C)=C(\N=C(c1ccccc1)c1ccccc1)C(=O)OCC. The van der Waals surface area contributed by atoms with Crippen molar-refractivity contribution in [3.8, 4) is 0 Å². The van der Waals surface area contributed by atoms with Crippen molar-refractivity contribution in [1.29, 1.82) is 0 Å². The van der Waals surface area contributed by atoms with Crippen LogP contribution in [0.25, 0.3) is 0 Å². The highest BCUT2D eigenvalue weighted by molar-refractivity contribution is 6.14. The molecule has 0 aromatic heterocycles. The number of carbonyl (C=O) groups excluding carboxylic acids is 2. The molecule has 0 aliphatic rings. The molecule has 0 heterocycles. The van der Waals surface area contributed by atoms with Gasteiger partial charge in [0.05, 0.1) is 25.3 Å². The molecular weight excluding hydrogens is 354 g/mol. The Labute approximate surface area is 165 Å². The van der Waals surface area contributed by atoms with Crippen LogP contribution in [-0.4, -0.2) is 30.9 Å². The Hall–Kier alpha value is -3.21. The van der Waals surface area contributed by atoms with Crippen LogP contribution in [0.3, 0.4) is 0 Å². The molecule has 28 heavy (non-hydrogen) atoms. The molecular formula is C23H25NO4. The van der Waals surface area contributed by atoms with Gasteiger partial charge >= 0.3 is 11.9 Å². The van der Waals surface area contributed by atoms with Crippen LogP contribution in [0.15, 0.2) is 76.9 Å². The van der Waals surface area contributed by atoms with Gasteiger partial charge in [0.25, 0.3) is 0 Å². The van der Waals surface area contributed by atoms with Crippen molar-refractivity contribution in [3.63, 3.8) is 0 Å². The number of rotatable bonds is 8. The summed E-state index contributed by atoms with van der Waals surface area (Å²) in [6.45, 7) is 5.67. The lowest BCUT2D eigenvalue weighted by Gasteiger charge is -2.12. The molecule has 0 aliphatic heterocycles. The highest BCUT2D eigenvalue weighted by Crippen LogP contribution is 2.18. The molecule has 5 nitrogen and oxygen atoms in total. The van der Waals surface area contributed by atoms with Crippen LogP contribution in [-0.2, 0) is 19.1 Å². The molecule has 146 valence electrons. The highest BCUT2D eigenvalue weighted by Gasteiger charge is 2.18. The Kier molecular flexibility index (Phi) is 8.15. The van der Waals surface area contributed by atoms with E-state index in [1.165, 1.54) is 0 Å². The molecule has 0 amide bonds. The van der Waals surface area contributed by atoms with Gasteiger partial charge in [-0.15, -0.1) is 0 Å². The number of aliphatic imine (C=N–C) groups is 1. The summed E-state index contributed by atoms with van der Waals surface area (Å²) in [4.78, 5) is 29.2. The first-order valence-corrected chi connectivity index (χ1v) is 9.28. The van der Waals surface area contributed by atoms with Crippen molar-refractivity contribution < 1.29 is 19.1 Å². The van der Waals surface area contributed by atoms with Crippen molar-refractivity contribution in [2.45, 2.75) is 27.2 Å². The molecule has 0 atom stereocenters. The van der Waals surface area contributed by atoms with Crippen LogP contribution in [0.2, 0.25) is 0 Å². The van der Waals surface area contributed by atoms with Crippen LogP contribution >= 0.6 is 0 Å². The summed E-state index contributed by atoms with van der Waals surface area (Å²) in [7, 11) is 0. The van der Waals surface area contributed by atoms with Gasteiger partial charge in [0.1, 0.15) is 5.70 Å². The Morgan fingerprint density at radius 2 is 1.32 bits per heavy atom. The van der Waals surface area contributed by atoms with Crippen molar-refractivity contribution >= 4 is 17.7 Å². The standard InChI is InChI=1S/C23H25NO4/c1-4-27-20(25)16-17(3)21(23(26)28-5-2)24-22(18-12-8-6-9-13-18)19-14-10-7-11-15-19/h6-15H,4-5,16H2,1-3H3/b21-17-. The van der Waals surface area contributed by atoms with E-state index in [-0.39, 0.29) is 25.3 Å². The van der Waals surface area contributed by atoms with Gasteiger partial charge in [0, 0.05) is 11.1 Å². The smallest absolute Gasteiger partial charge is 0.356 e. The highest BCUT2D eigenvalue weighted by atomic mass is 16.5. The molecule has 2 aromatic rings. The maximum atomic E-state index is 12.6. The lowest BCUT2D eigenvalue weighted by Crippen LogP contribution is -2.14. The van der Waals surface area contributed by atoms with Crippen molar-refractivity contribution in [3.05, 3.63) is 83.1 Å². The van der Waals surface area contributed by atoms with Crippen LogP contribution < -0.4 is 0 Å². The lowest BCUT2D eigenvalue weighted by atomic mass is 10.0. The van der Waals surface area contributed by atoms with Crippen LogP contribution in [0, 0.1) is 0 Å². The van der Waals surface area contributed by atoms with Crippen LogP contribution in [0.1, 0.15) is 38.3 Å².